The summed E-state index contributed by atoms with van der Waals surface area (Å²) in [7, 11) is 1.56. The summed E-state index contributed by atoms with van der Waals surface area (Å²) in [6.45, 7) is 7.14. The van der Waals surface area contributed by atoms with Gasteiger partial charge in [0.15, 0.2) is 11.5 Å². The third kappa shape index (κ3) is 5.57. The van der Waals surface area contributed by atoms with Crippen molar-refractivity contribution in [2.24, 2.45) is 0 Å². The summed E-state index contributed by atoms with van der Waals surface area (Å²) in [4.78, 5) is 27.8. The van der Waals surface area contributed by atoms with E-state index in [-0.39, 0.29) is 34.9 Å². The number of aliphatic hydroxyl groups excluding tert-OH is 1. The Bertz CT molecular complexity index is 1130. The highest BCUT2D eigenvalue weighted by molar-refractivity contribution is 6.46. The van der Waals surface area contributed by atoms with Gasteiger partial charge < -0.3 is 34.1 Å². The standard InChI is InChI=1S/C27H33NO8/c1-5-34-18-10-11-19(21(16-18)35-6-2)25(30)23-24(17-9-12-20(29)22(15-17)36-7-3)28(13-8-14-33-4)27(32)26(23)31/h9-12,15-16,24,29-30H,5-8,13-14H2,1-4H3/b25-23+. The zero-order valence-electron chi connectivity index (χ0n) is 21.1. The molecule has 3 rings (SSSR count). The lowest BCUT2D eigenvalue weighted by Gasteiger charge is -2.26. The van der Waals surface area contributed by atoms with Crippen molar-refractivity contribution in [3.63, 3.8) is 0 Å². The number of carbonyl (C=O) groups is 2. The number of benzene rings is 2. The van der Waals surface area contributed by atoms with Crippen LogP contribution in [0.15, 0.2) is 42.0 Å². The molecule has 1 aliphatic heterocycles. The second-order valence-electron chi connectivity index (χ2n) is 8.02. The minimum Gasteiger partial charge on any atom is -0.507 e. The van der Waals surface area contributed by atoms with Crippen LogP contribution in [0.2, 0.25) is 0 Å². The highest BCUT2D eigenvalue weighted by Gasteiger charge is 2.46. The third-order valence-electron chi connectivity index (χ3n) is 5.71. The average Bonchev–Trinajstić information content (AvgIpc) is 3.11. The lowest BCUT2D eigenvalue weighted by Crippen LogP contribution is -2.31. The Kier molecular flexibility index (Phi) is 9.19. The molecule has 1 fully saturated rings. The fourth-order valence-corrected chi connectivity index (χ4v) is 4.18. The molecule has 1 heterocycles. The van der Waals surface area contributed by atoms with Gasteiger partial charge in [0, 0.05) is 26.3 Å². The number of Topliss-reactive ketones (excluding diaryl/α,β-unsaturated/α-hetero) is 1. The molecule has 1 saturated heterocycles. The van der Waals surface area contributed by atoms with E-state index in [2.05, 4.69) is 0 Å². The largest absolute Gasteiger partial charge is 0.507 e. The molecule has 9 nitrogen and oxygen atoms in total. The fourth-order valence-electron chi connectivity index (χ4n) is 4.18. The van der Waals surface area contributed by atoms with Crippen molar-refractivity contribution in [3.8, 4) is 23.0 Å². The van der Waals surface area contributed by atoms with Crippen LogP contribution in [0.3, 0.4) is 0 Å². The zero-order chi connectivity index (χ0) is 26.2. The van der Waals surface area contributed by atoms with E-state index in [1.807, 2.05) is 6.92 Å². The fraction of sp³-hybridized carbons (Fsp3) is 0.407. The van der Waals surface area contributed by atoms with E-state index in [1.165, 1.54) is 11.0 Å². The summed E-state index contributed by atoms with van der Waals surface area (Å²) in [6, 6.07) is 8.63. The monoisotopic (exact) mass is 499 g/mol. The van der Waals surface area contributed by atoms with Gasteiger partial charge in [-0.1, -0.05) is 6.07 Å². The summed E-state index contributed by atoms with van der Waals surface area (Å²) in [5, 5.41) is 21.6. The van der Waals surface area contributed by atoms with E-state index in [9.17, 15) is 19.8 Å². The summed E-state index contributed by atoms with van der Waals surface area (Å²) in [5.74, 6) is -0.870. The number of ether oxygens (including phenoxy) is 4. The number of likely N-dealkylation sites (tertiary alicyclic amines) is 1. The zero-order valence-corrected chi connectivity index (χ0v) is 21.1. The van der Waals surface area contributed by atoms with Gasteiger partial charge in [0.05, 0.1) is 37.0 Å². The van der Waals surface area contributed by atoms with Crippen molar-refractivity contribution in [2.75, 3.05) is 40.1 Å². The van der Waals surface area contributed by atoms with Crippen LogP contribution < -0.4 is 14.2 Å². The topological polar surface area (TPSA) is 115 Å². The molecule has 194 valence electrons. The quantitative estimate of drug-likeness (QED) is 0.195. The third-order valence-corrected chi connectivity index (χ3v) is 5.71. The number of hydrogen-bond acceptors (Lipinski definition) is 8. The number of rotatable bonds is 12. The first-order valence-corrected chi connectivity index (χ1v) is 12.0. The van der Waals surface area contributed by atoms with E-state index in [4.69, 9.17) is 18.9 Å². The first kappa shape index (κ1) is 26.9. The number of aliphatic hydroxyl groups is 1. The van der Waals surface area contributed by atoms with Crippen LogP contribution in [0.25, 0.3) is 5.76 Å². The van der Waals surface area contributed by atoms with Gasteiger partial charge in [0.25, 0.3) is 11.7 Å². The Labute approximate surface area is 210 Å². The number of methoxy groups -OCH3 is 1. The second kappa shape index (κ2) is 12.3. The van der Waals surface area contributed by atoms with E-state index < -0.39 is 17.7 Å². The molecule has 2 aromatic rings. The number of nitrogens with zero attached hydrogens (tertiary/aromatic N) is 1. The first-order chi connectivity index (χ1) is 17.4. The van der Waals surface area contributed by atoms with Gasteiger partial charge in [0.1, 0.15) is 17.3 Å². The number of hydrogen-bond donors (Lipinski definition) is 2. The molecule has 0 saturated carbocycles. The van der Waals surface area contributed by atoms with E-state index in [0.29, 0.717) is 49.9 Å². The summed E-state index contributed by atoms with van der Waals surface area (Å²) < 4.78 is 21.9. The van der Waals surface area contributed by atoms with Gasteiger partial charge in [-0.3, -0.25) is 9.59 Å². The number of carbonyl (C=O) groups excluding carboxylic acids is 2. The molecule has 0 aromatic heterocycles. The normalized spacial score (nSPS) is 16.9. The predicted octanol–water partition coefficient (Wildman–Crippen LogP) is 4.05. The molecule has 2 N–H and O–H groups in total. The summed E-state index contributed by atoms with van der Waals surface area (Å²) in [6.07, 6.45) is 0.490. The van der Waals surface area contributed by atoms with Gasteiger partial charge in [-0.25, -0.2) is 0 Å². The Hall–Kier alpha value is -3.72. The van der Waals surface area contributed by atoms with Crippen molar-refractivity contribution in [2.45, 2.75) is 33.2 Å². The molecule has 1 atom stereocenters. The molecule has 0 radical (unpaired) electrons. The van der Waals surface area contributed by atoms with Gasteiger partial charge in [0.2, 0.25) is 0 Å². The lowest BCUT2D eigenvalue weighted by molar-refractivity contribution is -0.140. The maximum absolute atomic E-state index is 13.3. The number of amides is 1. The molecule has 0 aliphatic carbocycles. The van der Waals surface area contributed by atoms with Crippen LogP contribution in [0.5, 0.6) is 23.0 Å². The number of aromatic hydroxyl groups is 1. The molecule has 0 bridgehead atoms. The lowest BCUT2D eigenvalue weighted by atomic mass is 9.94. The number of phenols is 1. The smallest absolute Gasteiger partial charge is 0.295 e. The Morgan fingerprint density at radius 1 is 0.944 bits per heavy atom. The number of phenolic OH excluding ortho intramolecular Hbond substituents is 1. The first-order valence-electron chi connectivity index (χ1n) is 12.0. The predicted molar refractivity (Wildman–Crippen MR) is 134 cm³/mol. The summed E-state index contributed by atoms with van der Waals surface area (Å²) >= 11 is 0. The maximum atomic E-state index is 13.3. The Balaban J connectivity index is 2.19. The minimum atomic E-state index is -0.900. The van der Waals surface area contributed by atoms with E-state index in [0.717, 1.165) is 0 Å². The Morgan fingerprint density at radius 3 is 2.31 bits per heavy atom. The average molecular weight is 500 g/mol. The van der Waals surface area contributed by atoms with Crippen LogP contribution in [0.1, 0.15) is 44.4 Å². The van der Waals surface area contributed by atoms with Crippen LogP contribution in [0, 0.1) is 0 Å². The molecule has 1 unspecified atom stereocenters. The molecule has 0 spiro atoms. The molecule has 36 heavy (non-hydrogen) atoms. The highest BCUT2D eigenvalue weighted by atomic mass is 16.5. The molecule has 1 amide bonds. The molecular formula is C27H33NO8. The second-order valence-corrected chi connectivity index (χ2v) is 8.02. The molecule has 9 heteroatoms. The molecule has 1 aliphatic rings. The van der Waals surface area contributed by atoms with E-state index >= 15 is 0 Å². The van der Waals surface area contributed by atoms with Crippen molar-refractivity contribution >= 4 is 17.4 Å². The van der Waals surface area contributed by atoms with Gasteiger partial charge >= 0.3 is 0 Å². The minimum absolute atomic E-state index is 0.0675. The van der Waals surface area contributed by atoms with Crippen molar-refractivity contribution < 1.29 is 38.7 Å². The summed E-state index contributed by atoms with van der Waals surface area (Å²) in [5.41, 5.74) is 0.706. The highest BCUT2D eigenvalue weighted by Crippen LogP contribution is 2.43. The van der Waals surface area contributed by atoms with Crippen molar-refractivity contribution in [3.05, 3.63) is 53.1 Å². The van der Waals surface area contributed by atoms with Gasteiger partial charge in [-0.05, 0) is 57.0 Å². The van der Waals surface area contributed by atoms with Crippen LogP contribution in [0.4, 0.5) is 0 Å². The molecular weight excluding hydrogens is 466 g/mol. The maximum Gasteiger partial charge on any atom is 0.295 e. The Morgan fingerprint density at radius 2 is 1.64 bits per heavy atom. The number of ketones is 1. The van der Waals surface area contributed by atoms with Gasteiger partial charge in [-0.2, -0.15) is 0 Å². The van der Waals surface area contributed by atoms with Crippen LogP contribution >= 0.6 is 0 Å². The van der Waals surface area contributed by atoms with Crippen LogP contribution in [-0.2, 0) is 14.3 Å². The van der Waals surface area contributed by atoms with Crippen LogP contribution in [-0.4, -0.2) is 66.9 Å². The SMILES string of the molecule is CCOc1ccc(/C(O)=C2\C(=O)C(=O)N(CCCOC)C2c2ccc(O)c(OCC)c2)c(OCC)c1. The van der Waals surface area contributed by atoms with E-state index in [1.54, 1.807) is 51.3 Å². The van der Waals surface area contributed by atoms with Gasteiger partial charge in [-0.15, -0.1) is 0 Å². The van der Waals surface area contributed by atoms with Crippen molar-refractivity contribution in [1.82, 2.24) is 4.90 Å². The molecule has 2 aromatic carbocycles. The van der Waals surface area contributed by atoms with Crippen molar-refractivity contribution in [1.29, 1.82) is 0 Å².